The summed E-state index contributed by atoms with van der Waals surface area (Å²) in [6.45, 7) is 12.2. The molecule has 0 heterocycles. The lowest BCUT2D eigenvalue weighted by atomic mass is 9.70. The Hall–Kier alpha value is -2.35. The van der Waals surface area contributed by atoms with Crippen LogP contribution in [0.1, 0.15) is 82.9 Å². The highest BCUT2D eigenvalue weighted by Gasteiger charge is 2.42. The summed E-state index contributed by atoms with van der Waals surface area (Å²) in [6.07, 6.45) is 7.34. The fourth-order valence-corrected chi connectivity index (χ4v) is 4.50. The van der Waals surface area contributed by atoms with E-state index < -0.39 is 0 Å². The second kappa shape index (κ2) is 8.77. The van der Waals surface area contributed by atoms with Crippen LogP contribution in [0.15, 0.2) is 60.0 Å². The first-order valence-electron chi connectivity index (χ1n) is 10.7. The van der Waals surface area contributed by atoms with E-state index in [0.29, 0.717) is 5.76 Å². The molecule has 0 N–H and O–H groups in total. The van der Waals surface area contributed by atoms with Crippen LogP contribution in [0.3, 0.4) is 0 Å². The zero-order valence-corrected chi connectivity index (χ0v) is 17.8. The molecule has 0 bridgehead atoms. The van der Waals surface area contributed by atoms with E-state index >= 15 is 0 Å². The van der Waals surface area contributed by atoms with Gasteiger partial charge < -0.3 is 4.84 Å². The number of unbranched alkanes of at least 4 members (excludes halogenated alkanes) is 2. The van der Waals surface area contributed by atoms with Crippen molar-refractivity contribution in [1.82, 2.24) is 0 Å². The molecule has 0 atom stereocenters. The second-order valence-electron chi connectivity index (χ2n) is 8.07. The lowest BCUT2D eigenvalue weighted by Gasteiger charge is -2.33. The average Bonchev–Trinajstić information content (AvgIpc) is 2.98. The minimum atomic E-state index is 0.115. The van der Waals surface area contributed by atoms with Gasteiger partial charge in [-0.2, -0.15) is 0 Å². The number of nitrogens with zero attached hydrogens (tertiary/aromatic N) is 1. The Balaban J connectivity index is 2.14. The Kier molecular flexibility index (Phi) is 6.39. The number of rotatable bonds is 9. The molecule has 0 saturated heterocycles. The van der Waals surface area contributed by atoms with Gasteiger partial charge in [0.15, 0.2) is 0 Å². The molecular weight excluding hydrogens is 342 g/mol. The molecule has 1 aliphatic carbocycles. The van der Waals surface area contributed by atoms with Gasteiger partial charge >= 0.3 is 0 Å². The number of oxime groups is 1. The fourth-order valence-electron chi connectivity index (χ4n) is 4.50. The highest BCUT2D eigenvalue weighted by molar-refractivity contribution is 5.99. The Morgan fingerprint density at radius 2 is 1.57 bits per heavy atom. The van der Waals surface area contributed by atoms with Crippen LogP contribution in [0.4, 0.5) is 0 Å². The van der Waals surface area contributed by atoms with E-state index in [9.17, 15) is 0 Å². The van der Waals surface area contributed by atoms with Crippen LogP contribution in [-0.2, 0) is 10.3 Å². The van der Waals surface area contributed by atoms with Crippen LogP contribution >= 0.6 is 0 Å². The third-order valence-electron chi connectivity index (χ3n) is 5.94. The van der Waals surface area contributed by atoms with Crippen molar-refractivity contribution in [2.75, 3.05) is 0 Å². The molecule has 148 valence electrons. The van der Waals surface area contributed by atoms with Crippen molar-refractivity contribution in [3.63, 3.8) is 0 Å². The molecule has 0 amide bonds. The summed E-state index contributed by atoms with van der Waals surface area (Å²) < 4.78 is 0. The van der Waals surface area contributed by atoms with E-state index in [0.717, 1.165) is 11.3 Å². The zero-order valence-electron chi connectivity index (χ0n) is 17.8. The summed E-state index contributed by atoms with van der Waals surface area (Å²) in [5.41, 5.74) is 7.91. The van der Waals surface area contributed by atoms with Gasteiger partial charge in [-0.05, 0) is 60.6 Å². The molecule has 0 fully saturated rings. The van der Waals surface area contributed by atoms with Crippen molar-refractivity contribution in [2.45, 2.75) is 71.6 Å². The molecular formula is C26H33NO. The summed E-state index contributed by atoms with van der Waals surface area (Å²) in [4.78, 5) is 5.31. The largest absolute Gasteiger partial charge is 0.362 e. The smallest absolute Gasteiger partial charge is 0.124 e. The molecule has 0 spiro atoms. The van der Waals surface area contributed by atoms with Crippen molar-refractivity contribution >= 4 is 5.71 Å². The summed E-state index contributed by atoms with van der Waals surface area (Å²) in [7, 11) is 0. The zero-order chi connectivity index (χ0) is 20.1. The molecule has 0 aliphatic heterocycles. The van der Waals surface area contributed by atoms with Crippen LogP contribution in [0.2, 0.25) is 0 Å². The Morgan fingerprint density at radius 1 is 0.929 bits per heavy atom. The van der Waals surface area contributed by atoms with Gasteiger partial charge in [-0.15, -0.1) is 0 Å². The molecule has 2 heteroatoms. The topological polar surface area (TPSA) is 21.6 Å². The third-order valence-corrected chi connectivity index (χ3v) is 5.94. The fraction of sp³-hybridized carbons (Fsp3) is 0.423. The number of fused-ring (bicyclic) bond motifs is 3. The molecule has 28 heavy (non-hydrogen) atoms. The lowest BCUT2D eigenvalue weighted by molar-refractivity contribution is 0.231. The quantitative estimate of drug-likeness (QED) is 0.251. The number of benzene rings is 2. The first-order chi connectivity index (χ1) is 13.5. The molecule has 3 rings (SSSR count). The minimum absolute atomic E-state index is 0.115. The lowest BCUT2D eigenvalue weighted by Crippen LogP contribution is -2.25. The standard InChI is InChI=1S/C26H33NO/c1-6-8-16-26(17-9-7-2)24-13-11-10-12-22(24)23-15-14-21(18-25(23)26)20(5)27-28-19(3)4/h10-15,18H,3,6-9,16-17H2,1-2,4-5H3/b27-20+. The second-order valence-corrected chi connectivity index (χ2v) is 8.07. The first kappa shape index (κ1) is 20.4. The molecule has 2 aromatic rings. The summed E-state index contributed by atoms with van der Waals surface area (Å²) in [6, 6.07) is 15.8. The normalized spacial score (nSPS) is 14.5. The van der Waals surface area contributed by atoms with Crippen molar-refractivity contribution < 1.29 is 4.84 Å². The SMILES string of the molecule is C=C(C)O/N=C(\C)c1ccc2c(c1)C(CCCC)(CCCC)c1ccccc1-2. The molecule has 0 saturated carbocycles. The summed E-state index contributed by atoms with van der Waals surface area (Å²) in [5.74, 6) is 0.605. The minimum Gasteiger partial charge on any atom is -0.362 e. The van der Waals surface area contributed by atoms with E-state index in [-0.39, 0.29) is 5.41 Å². The summed E-state index contributed by atoms with van der Waals surface area (Å²) in [5, 5.41) is 4.26. The molecule has 2 aromatic carbocycles. The van der Waals surface area contributed by atoms with Crippen LogP contribution in [0.5, 0.6) is 0 Å². The highest BCUT2D eigenvalue weighted by Crippen LogP contribution is 2.54. The van der Waals surface area contributed by atoms with Gasteiger partial charge in [0, 0.05) is 5.41 Å². The van der Waals surface area contributed by atoms with Crippen LogP contribution in [0.25, 0.3) is 11.1 Å². The van der Waals surface area contributed by atoms with Crippen molar-refractivity contribution in [2.24, 2.45) is 5.16 Å². The third kappa shape index (κ3) is 3.78. The maximum absolute atomic E-state index is 5.31. The van der Waals surface area contributed by atoms with Crippen molar-refractivity contribution in [3.05, 3.63) is 71.5 Å². The van der Waals surface area contributed by atoms with Crippen LogP contribution < -0.4 is 0 Å². The van der Waals surface area contributed by atoms with Gasteiger partial charge in [-0.3, -0.25) is 0 Å². The predicted octanol–water partition coefficient (Wildman–Crippen LogP) is 7.61. The van der Waals surface area contributed by atoms with E-state index in [4.69, 9.17) is 4.84 Å². The van der Waals surface area contributed by atoms with Gasteiger partial charge in [0.2, 0.25) is 0 Å². The maximum Gasteiger partial charge on any atom is 0.124 e. The number of allylic oxidation sites excluding steroid dienone is 1. The van der Waals surface area contributed by atoms with Gasteiger partial charge in [0.05, 0.1) is 5.71 Å². The Labute approximate surface area is 170 Å². The monoisotopic (exact) mass is 375 g/mol. The van der Waals surface area contributed by atoms with Gasteiger partial charge in [0.25, 0.3) is 0 Å². The summed E-state index contributed by atoms with van der Waals surface area (Å²) >= 11 is 0. The molecule has 2 nitrogen and oxygen atoms in total. The number of hydrogen-bond donors (Lipinski definition) is 0. The van der Waals surface area contributed by atoms with E-state index in [2.05, 4.69) is 68.0 Å². The van der Waals surface area contributed by atoms with Gasteiger partial charge in [0.1, 0.15) is 5.76 Å². The van der Waals surface area contributed by atoms with Crippen molar-refractivity contribution in [1.29, 1.82) is 0 Å². The maximum atomic E-state index is 5.31. The van der Waals surface area contributed by atoms with Crippen LogP contribution in [0, 0.1) is 0 Å². The molecule has 0 radical (unpaired) electrons. The highest BCUT2D eigenvalue weighted by atomic mass is 16.6. The van der Waals surface area contributed by atoms with E-state index in [1.165, 1.54) is 60.8 Å². The average molecular weight is 376 g/mol. The Bertz CT molecular complexity index is 870. The predicted molar refractivity (Wildman–Crippen MR) is 120 cm³/mol. The van der Waals surface area contributed by atoms with E-state index in [1.807, 2.05) is 13.8 Å². The van der Waals surface area contributed by atoms with Gasteiger partial charge in [-0.25, -0.2) is 0 Å². The van der Waals surface area contributed by atoms with Gasteiger partial charge in [-0.1, -0.05) is 87.7 Å². The van der Waals surface area contributed by atoms with E-state index in [1.54, 1.807) is 0 Å². The molecule has 0 aromatic heterocycles. The first-order valence-corrected chi connectivity index (χ1v) is 10.7. The van der Waals surface area contributed by atoms with Crippen LogP contribution in [-0.4, -0.2) is 5.71 Å². The molecule has 1 aliphatic rings. The van der Waals surface area contributed by atoms with Crippen molar-refractivity contribution in [3.8, 4) is 11.1 Å². The number of hydrogen-bond acceptors (Lipinski definition) is 2. The Morgan fingerprint density at radius 3 is 2.21 bits per heavy atom. The molecule has 0 unspecified atom stereocenters.